The number of nitrogens with zero attached hydrogens (tertiary/aromatic N) is 2. The van der Waals surface area contributed by atoms with E-state index in [4.69, 9.17) is 12.2 Å². The zero-order chi connectivity index (χ0) is 13.2. The van der Waals surface area contributed by atoms with Gasteiger partial charge in [0.2, 0.25) is 0 Å². The SMILES string of the molecule is FC(F)(F)CCCCn1c(=S)[nH]c2cccnc21. The number of rotatable bonds is 4. The maximum absolute atomic E-state index is 12.0. The lowest BCUT2D eigenvalue weighted by molar-refractivity contribution is -0.135. The molecule has 0 radical (unpaired) electrons. The molecule has 98 valence electrons. The third-order valence-electron chi connectivity index (χ3n) is 2.62. The monoisotopic (exact) mass is 275 g/mol. The Balaban J connectivity index is 2.04. The minimum absolute atomic E-state index is 0.102. The Morgan fingerprint density at radius 2 is 2.11 bits per heavy atom. The van der Waals surface area contributed by atoms with Crippen LogP contribution >= 0.6 is 12.2 Å². The van der Waals surface area contributed by atoms with Crippen molar-refractivity contribution in [3.63, 3.8) is 0 Å². The van der Waals surface area contributed by atoms with E-state index in [-0.39, 0.29) is 6.42 Å². The zero-order valence-electron chi connectivity index (χ0n) is 9.50. The molecule has 0 fully saturated rings. The van der Waals surface area contributed by atoms with Gasteiger partial charge in [-0.15, -0.1) is 0 Å². The van der Waals surface area contributed by atoms with E-state index in [1.54, 1.807) is 16.8 Å². The van der Waals surface area contributed by atoms with Crippen molar-refractivity contribution in [3.8, 4) is 0 Å². The van der Waals surface area contributed by atoms with Crippen molar-refractivity contribution >= 4 is 23.4 Å². The average molecular weight is 275 g/mol. The number of pyridine rings is 1. The van der Waals surface area contributed by atoms with Crippen molar-refractivity contribution in [1.82, 2.24) is 14.5 Å². The number of H-pyrrole nitrogens is 1. The molecule has 0 spiro atoms. The van der Waals surface area contributed by atoms with Crippen LogP contribution in [0.25, 0.3) is 11.2 Å². The lowest BCUT2D eigenvalue weighted by Crippen LogP contribution is -2.07. The molecule has 0 bridgehead atoms. The van der Waals surface area contributed by atoms with Gasteiger partial charge >= 0.3 is 6.18 Å². The third-order valence-corrected chi connectivity index (χ3v) is 2.94. The van der Waals surface area contributed by atoms with Crippen molar-refractivity contribution in [2.45, 2.75) is 32.0 Å². The van der Waals surface area contributed by atoms with E-state index in [2.05, 4.69) is 9.97 Å². The summed E-state index contributed by atoms with van der Waals surface area (Å²) in [5.41, 5.74) is 1.49. The molecule has 0 saturated carbocycles. The number of imidazole rings is 1. The highest BCUT2D eigenvalue weighted by Crippen LogP contribution is 2.22. The first kappa shape index (κ1) is 13.1. The number of fused-ring (bicyclic) bond motifs is 1. The summed E-state index contributed by atoms with van der Waals surface area (Å²) in [5, 5.41) is 0. The number of hydrogen-bond acceptors (Lipinski definition) is 2. The van der Waals surface area contributed by atoms with Crippen LogP contribution in [0.5, 0.6) is 0 Å². The largest absolute Gasteiger partial charge is 0.389 e. The highest BCUT2D eigenvalue weighted by atomic mass is 32.1. The van der Waals surface area contributed by atoms with Crippen LogP contribution in [0.15, 0.2) is 18.3 Å². The lowest BCUT2D eigenvalue weighted by Gasteiger charge is -2.06. The zero-order valence-corrected chi connectivity index (χ0v) is 10.3. The van der Waals surface area contributed by atoms with Gasteiger partial charge in [0, 0.05) is 19.2 Å². The van der Waals surface area contributed by atoms with Gasteiger partial charge in [-0.25, -0.2) is 4.98 Å². The van der Waals surface area contributed by atoms with Crippen LogP contribution in [0.3, 0.4) is 0 Å². The topological polar surface area (TPSA) is 33.6 Å². The molecule has 7 heteroatoms. The summed E-state index contributed by atoms with van der Waals surface area (Å²) in [6.07, 6.45) is -2.67. The van der Waals surface area contributed by atoms with Gasteiger partial charge in [-0.3, -0.25) is 0 Å². The Morgan fingerprint density at radius 3 is 2.83 bits per heavy atom. The number of alkyl halides is 3. The van der Waals surface area contributed by atoms with Crippen molar-refractivity contribution in [3.05, 3.63) is 23.1 Å². The van der Waals surface area contributed by atoms with E-state index in [0.717, 1.165) is 5.52 Å². The molecule has 0 saturated heterocycles. The highest BCUT2D eigenvalue weighted by Gasteiger charge is 2.25. The van der Waals surface area contributed by atoms with Crippen LogP contribution in [0, 0.1) is 4.77 Å². The van der Waals surface area contributed by atoms with E-state index < -0.39 is 12.6 Å². The van der Waals surface area contributed by atoms with Gasteiger partial charge in [0.15, 0.2) is 10.4 Å². The maximum atomic E-state index is 12.0. The third kappa shape index (κ3) is 3.10. The molecule has 1 N–H and O–H groups in total. The van der Waals surface area contributed by atoms with Gasteiger partial charge in [-0.1, -0.05) is 0 Å². The number of aryl methyl sites for hydroxylation is 1. The molecular weight excluding hydrogens is 263 g/mol. The number of hydrogen-bond donors (Lipinski definition) is 1. The maximum Gasteiger partial charge on any atom is 0.389 e. The summed E-state index contributed by atoms with van der Waals surface area (Å²) < 4.78 is 38.3. The van der Waals surface area contributed by atoms with Crippen LogP contribution in [0.2, 0.25) is 0 Å². The molecule has 3 nitrogen and oxygen atoms in total. The number of aromatic amines is 1. The fourth-order valence-electron chi connectivity index (χ4n) is 1.79. The summed E-state index contributed by atoms with van der Waals surface area (Å²) in [7, 11) is 0. The summed E-state index contributed by atoms with van der Waals surface area (Å²) in [5.74, 6) is 0. The van der Waals surface area contributed by atoms with E-state index in [1.807, 2.05) is 6.07 Å². The molecule has 2 rings (SSSR count). The smallest absolute Gasteiger partial charge is 0.329 e. The van der Waals surface area contributed by atoms with Gasteiger partial charge in [0.25, 0.3) is 0 Å². The average Bonchev–Trinajstić information content (AvgIpc) is 2.59. The summed E-state index contributed by atoms with van der Waals surface area (Å²) in [4.78, 5) is 7.15. The summed E-state index contributed by atoms with van der Waals surface area (Å²) in [6, 6.07) is 3.62. The molecule has 0 atom stereocenters. The highest BCUT2D eigenvalue weighted by molar-refractivity contribution is 7.71. The standard InChI is InChI=1S/C11H12F3N3S/c12-11(13,14)5-1-2-7-17-9-8(16-10(17)18)4-3-6-15-9/h3-4,6H,1-2,5,7H2,(H,16,18). The fourth-order valence-corrected chi connectivity index (χ4v) is 2.08. The number of nitrogens with one attached hydrogen (secondary N) is 1. The molecular formula is C11H12F3N3S. The predicted octanol–water partition coefficient (Wildman–Crippen LogP) is 3.83. The van der Waals surface area contributed by atoms with Gasteiger partial charge in [0.05, 0.1) is 5.52 Å². The van der Waals surface area contributed by atoms with E-state index in [1.165, 1.54) is 0 Å². The Morgan fingerprint density at radius 1 is 1.33 bits per heavy atom. The van der Waals surface area contributed by atoms with E-state index in [0.29, 0.717) is 23.4 Å². The molecule has 0 aliphatic carbocycles. The molecule has 0 aliphatic heterocycles. The molecule has 2 aromatic rings. The lowest BCUT2D eigenvalue weighted by atomic mass is 10.2. The number of halogens is 3. The Kier molecular flexibility index (Phi) is 3.70. The van der Waals surface area contributed by atoms with Gasteiger partial charge < -0.3 is 9.55 Å². The first-order valence-electron chi connectivity index (χ1n) is 5.58. The number of unbranched alkanes of at least 4 members (excludes halogenated alkanes) is 1. The molecule has 2 aromatic heterocycles. The van der Waals surface area contributed by atoms with Crippen LogP contribution in [-0.2, 0) is 6.54 Å². The Bertz CT molecular complexity index is 585. The van der Waals surface area contributed by atoms with Crippen LogP contribution in [-0.4, -0.2) is 20.7 Å². The van der Waals surface area contributed by atoms with Crippen molar-refractivity contribution in [1.29, 1.82) is 0 Å². The molecule has 0 aromatic carbocycles. The molecule has 0 amide bonds. The first-order valence-corrected chi connectivity index (χ1v) is 5.98. The van der Waals surface area contributed by atoms with Crippen LogP contribution in [0.1, 0.15) is 19.3 Å². The van der Waals surface area contributed by atoms with E-state index >= 15 is 0 Å². The fraction of sp³-hybridized carbons (Fsp3) is 0.455. The van der Waals surface area contributed by atoms with Gasteiger partial charge in [0.1, 0.15) is 0 Å². The summed E-state index contributed by atoms with van der Waals surface area (Å²) in [6.45, 7) is 0.450. The summed E-state index contributed by atoms with van der Waals surface area (Å²) >= 11 is 5.12. The predicted molar refractivity (Wildman–Crippen MR) is 64.8 cm³/mol. The second-order valence-corrected chi connectivity index (χ2v) is 4.42. The molecule has 0 aliphatic rings. The van der Waals surface area contributed by atoms with Crippen molar-refractivity contribution < 1.29 is 13.2 Å². The van der Waals surface area contributed by atoms with Gasteiger partial charge in [-0.2, -0.15) is 13.2 Å². The Hall–Kier alpha value is -1.37. The van der Waals surface area contributed by atoms with Crippen molar-refractivity contribution in [2.24, 2.45) is 0 Å². The normalized spacial score (nSPS) is 12.2. The first-order chi connectivity index (χ1) is 8.47. The second kappa shape index (κ2) is 5.09. The minimum Gasteiger partial charge on any atom is -0.329 e. The van der Waals surface area contributed by atoms with Crippen LogP contribution in [0.4, 0.5) is 13.2 Å². The molecule has 0 unspecified atom stereocenters. The molecule has 18 heavy (non-hydrogen) atoms. The quantitative estimate of drug-likeness (QED) is 0.679. The van der Waals surface area contributed by atoms with E-state index in [9.17, 15) is 13.2 Å². The Labute approximate surface area is 107 Å². The second-order valence-electron chi connectivity index (χ2n) is 4.03. The minimum atomic E-state index is -4.08. The molecule has 2 heterocycles. The van der Waals surface area contributed by atoms with Crippen LogP contribution < -0.4 is 0 Å². The van der Waals surface area contributed by atoms with Crippen molar-refractivity contribution in [2.75, 3.05) is 0 Å². The number of aromatic nitrogens is 3. The van der Waals surface area contributed by atoms with Gasteiger partial charge in [-0.05, 0) is 37.2 Å².